The summed E-state index contributed by atoms with van der Waals surface area (Å²) in [5.41, 5.74) is 4.68. The van der Waals surface area contributed by atoms with E-state index in [9.17, 15) is 9.59 Å². The van der Waals surface area contributed by atoms with Crippen molar-refractivity contribution in [2.24, 2.45) is 16.0 Å². The van der Waals surface area contributed by atoms with Gasteiger partial charge in [-0.25, -0.2) is 10.0 Å². The summed E-state index contributed by atoms with van der Waals surface area (Å²) in [7, 11) is 3.11. The van der Waals surface area contributed by atoms with Crippen molar-refractivity contribution in [2.75, 3.05) is 14.2 Å². The number of aliphatic imine (C=N–C) groups is 1. The number of rotatable bonds is 7. The van der Waals surface area contributed by atoms with E-state index in [1.165, 1.54) is 12.1 Å². The maximum Gasteiger partial charge on any atom is 0.279 e. The van der Waals surface area contributed by atoms with Crippen LogP contribution in [0.1, 0.15) is 35.3 Å². The van der Waals surface area contributed by atoms with E-state index in [4.69, 9.17) is 26.2 Å². The van der Waals surface area contributed by atoms with Crippen LogP contribution in [0, 0.1) is 5.92 Å². The molecular weight excluding hydrogens is 550 g/mol. The second-order valence-electron chi connectivity index (χ2n) is 10.1. The Kier molecular flexibility index (Phi) is 7.69. The predicted molar refractivity (Wildman–Crippen MR) is 163 cm³/mol. The first kappa shape index (κ1) is 27.6. The van der Waals surface area contributed by atoms with Gasteiger partial charge in [0.1, 0.15) is 5.75 Å². The molecule has 3 unspecified atom stereocenters. The molecule has 2 heterocycles. The second kappa shape index (κ2) is 11.7. The normalized spacial score (nSPS) is 20.5. The van der Waals surface area contributed by atoms with Crippen LogP contribution in [-0.2, 0) is 14.3 Å². The third kappa shape index (κ3) is 5.13. The number of hydrazone groups is 1. The van der Waals surface area contributed by atoms with Gasteiger partial charge in [0.2, 0.25) is 0 Å². The topological polar surface area (TPSA) is 80.6 Å². The van der Waals surface area contributed by atoms with Crippen molar-refractivity contribution in [2.45, 2.75) is 18.6 Å². The van der Waals surface area contributed by atoms with Gasteiger partial charge >= 0.3 is 0 Å². The summed E-state index contributed by atoms with van der Waals surface area (Å²) in [6, 6.07) is 26.0. The molecule has 3 aliphatic rings. The van der Waals surface area contributed by atoms with Gasteiger partial charge in [-0.05, 0) is 46.5 Å². The number of dihydropyridines is 1. The van der Waals surface area contributed by atoms with Crippen LogP contribution in [-0.4, -0.2) is 42.5 Å². The van der Waals surface area contributed by atoms with Gasteiger partial charge in [-0.1, -0.05) is 90.5 Å². The second-order valence-corrected chi connectivity index (χ2v) is 10.5. The van der Waals surface area contributed by atoms with E-state index < -0.39 is 18.1 Å². The lowest BCUT2D eigenvalue weighted by Gasteiger charge is -2.27. The van der Waals surface area contributed by atoms with Crippen LogP contribution in [0.4, 0.5) is 0 Å². The number of methoxy groups -OCH3 is 2. The van der Waals surface area contributed by atoms with Gasteiger partial charge in [0.25, 0.3) is 11.8 Å². The minimum Gasteiger partial charge on any atom is -0.497 e. The molecule has 0 spiro atoms. The van der Waals surface area contributed by atoms with E-state index in [1.54, 1.807) is 19.3 Å². The van der Waals surface area contributed by atoms with E-state index >= 15 is 0 Å². The predicted octanol–water partition coefficient (Wildman–Crippen LogP) is 6.46. The van der Waals surface area contributed by atoms with Crippen LogP contribution in [0.5, 0.6) is 5.75 Å². The number of benzene rings is 3. The van der Waals surface area contributed by atoms with Crippen molar-refractivity contribution in [3.05, 3.63) is 130 Å². The van der Waals surface area contributed by atoms with Crippen LogP contribution >= 0.6 is 11.6 Å². The van der Waals surface area contributed by atoms with Gasteiger partial charge in [-0.2, -0.15) is 5.10 Å². The summed E-state index contributed by atoms with van der Waals surface area (Å²) >= 11 is 6.44. The molecule has 0 fully saturated rings. The van der Waals surface area contributed by atoms with Crippen molar-refractivity contribution >= 4 is 40.4 Å². The Morgan fingerprint density at radius 3 is 2.31 bits per heavy atom. The van der Waals surface area contributed by atoms with Crippen molar-refractivity contribution < 1.29 is 19.1 Å². The first-order chi connectivity index (χ1) is 20.5. The lowest BCUT2D eigenvalue weighted by molar-refractivity contribution is -0.144. The van der Waals surface area contributed by atoms with Crippen LogP contribution in [0.3, 0.4) is 0 Å². The molecule has 8 heteroatoms. The van der Waals surface area contributed by atoms with Crippen molar-refractivity contribution in [1.82, 2.24) is 5.01 Å². The van der Waals surface area contributed by atoms with E-state index in [1.807, 2.05) is 91.0 Å². The number of hydrogen-bond donors (Lipinski definition) is 0. The summed E-state index contributed by atoms with van der Waals surface area (Å²) in [6.07, 6.45) is 4.84. The van der Waals surface area contributed by atoms with Gasteiger partial charge in [0.05, 0.1) is 30.1 Å². The third-order valence-corrected chi connectivity index (χ3v) is 7.91. The maximum atomic E-state index is 14.1. The van der Waals surface area contributed by atoms with Crippen LogP contribution in [0.25, 0.3) is 5.57 Å². The van der Waals surface area contributed by atoms with Crippen LogP contribution < -0.4 is 4.74 Å². The molecule has 2 amide bonds. The molecule has 6 rings (SSSR count). The van der Waals surface area contributed by atoms with Crippen LogP contribution in [0.15, 0.2) is 124 Å². The summed E-state index contributed by atoms with van der Waals surface area (Å²) in [5.74, 6) is -0.371. The van der Waals surface area contributed by atoms with Crippen LogP contribution in [0.2, 0.25) is 0 Å². The average Bonchev–Trinajstić information content (AvgIpc) is 3.47. The number of nitrogens with zero attached hydrogens (tertiary/aromatic N) is 3. The average molecular weight is 578 g/mol. The number of carbonyl (C=O) groups is 2. The van der Waals surface area contributed by atoms with E-state index in [2.05, 4.69) is 4.99 Å². The Morgan fingerprint density at radius 1 is 0.952 bits per heavy atom. The standard InChI is InChI=1S/C34H28ClN3O4/c1-41-25-16-13-21(14-17-25)29-20-28(37-38(29)34(40)32(42-2)23-11-7-4-8-12-23)31-30(22-9-5-3-6-10-22)26-19-24(35)15-18-27(26)36-33(31)39/h3-19,26,29,32H,20H2,1-2H3. The fraction of sp³-hybridized carbons (Fsp3) is 0.176. The number of amides is 2. The molecule has 3 aromatic rings. The van der Waals surface area contributed by atoms with Gasteiger partial charge in [0, 0.05) is 24.5 Å². The zero-order chi connectivity index (χ0) is 29.2. The molecule has 0 aromatic heterocycles. The molecular formula is C34H28ClN3O4. The Morgan fingerprint density at radius 2 is 1.64 bits per heavy atom. The highest BCUT2D eigenvalue weighted by molar-refractivity contribution is 6.36. The summed E-state index contributed by atoms with van der Waals surface area (Å²) in [4.78, 5) is 32.3. The van der Waals surface area contributed by atoms with Gasteiger partial charge < -0.3 is 9.47 Å². The van der Waals surface area contributed by atoms with E-state index in [0.29, 0.717) is 39.8 Å². The molecule has 0 saturated heterocycles. The minimum atomic E-state index is -0.880. The number of carbonyl (C=O) groups excluding carboxylic acids is 2. The molecule has 3 aromatic carbocycles. The summed E-state index contributed by atoms with van der Waals surface area (Å²) in [5, 5.41) is 6.87. The zero-order valence-electron chi connectivity index (χ0n) is 23.1. The molecule has 3 atom stereocenters. The fourth-order valence-electron chi connectivity index (χ4n) is 5.65. The van der Waals surface area contributed by atoms with Crippen molar-refractivity contribution in [3.8, 4) is 5.75 Å². The summed E-state index contributed by atoms with van der Waals surface area (Å²) in [6.45, 7) is 0. The molecule has 42 heavy (non-hydrogen) atoms. The maximum absolute atomic E-state index is 14.1. The zero-order valence-corrected chi connectivity index (χ0v) is 23.9. The highest BCUT2D eigenvalue weighted by Crippen LogP contribution is 2.42. The molecule has 0 bridgehead atoms. The summed E-state index contributed by atoms with van der Waals surface area (Å²) < 4.78 is 11.0. The Labute approximate surface area is 249 Å². The quantitative estimate of drug-likeness (QED) is 0.323. The monoisotopic (exact) mass is 577 g/mol. The first-order valence-electron chi connectivity index (χ1n) is 13.6. The number of allylic oxidation sites excluding steroid dienone is 5. The van der Waals surface area contributed by atoms with Crippen molar-refractivity contribution in [3.63, 3.8) is 0 Å². The Hall–Kier alpha value is -4.59. The molecule has 7 nitrogen and oxygen atoms in total. The number of fused-ring (bicyclic) bond motifs is 1. The smallest absolute Gasteiger partial charge is 0.279 e. The van der Waals surface area contributed by atoms with E-state index in [-0.39, 0.29) is 11.8 Å². The molecule has 0 N–H and O–H groups in total. The molecule has 1 aliphatic carbocycles. The fourth-order valence-corrected chi connectivity index (χ4v) is 5.84. The number of ether oxygens (including phenoxy) is 2. The molecule has 0 radical (unpaired) electrons. The van der Waals surface area contributed by atoms with Gasteiger partial charge in [0.15, 0.2) is 6.10 Å². The largest absolute Gasteiger partial charge is 0.497 e. The number of hydrogen-bond acceptors (Lipinski definition) is 5. The van der Waals surface area contributed by atoms with Gasteiger partial charge in [-0.15, -0.1) is 0 Å². The Bertz CT molecular complexity index is 1670. The molecule has 2 aliphatic heterocycles. The molecule has 210 valence electrons. The highest BCUT2D eigenvalue weighted by Gasteiger charge is 2.42. The minimum absolute atomic E-state index is 0.311. The SMILES string of the molecule is COc1ccc(C2CC(C3=C(c4ccccc4)C4C=C(Cl)C=CC4=NC3=O)=NN2C(=O)C(OC)c2ccccc2)cc1. The lowest BCUT2D eigenvalue weighted by Crippen LogP contribution is -2.32. The highest BCUT2D eigenvalue weighted by atomic mass is 35.5. The first-order valence-corrected chi connectivity index (χ1v) is 14.0. The number of halogens is 1. The third-order valence-electron chi connectivity index (χ3n) is 7.66. The molecule has 0 saturated carbocycles. The Balaban J connectivity index is 1.49. The van der Waals surface area contributed by atoms with Crippen molar-refractivity contribution in [1.29, 1.82) is 0 Å². The van der Waals surface area contributed by atoms with E-state index in [0.717, 1.165) is 16.7 Å². The van der Waals surface area contributed by atoms with Gasteiger partial charge in [-0.3, -0.25) is 9.59 Å². The lowest BCUT2D eigenvalue weighted by atomic mass is 9.79.